The molecule has 2 heterocycles. The molecule has 2 unspecified atom stereocenters. The van der Waals surface area contributed by atoms with Crippen molar-refractivity contribution < 1.29 is 24.2 Å². The highest BCUT2D eigenvalue weighted by molar-refractivity contribution is 6.31. The third kappa shape index (κ3) is 5.77. The molecular weight excluding hydrogens is 460 g/mol. The Hall–Kier alpha value is -2.91. The number of ether oxygens (including phenoxy) is 1. The first kappa shape index (κ1) is 25.7. The molecule has 9 nitrogen and oxygen atoms in total. The van der Waals surface area contributed by atoms with Gasteiger partial charge in [0.2, 0.25) is 0 Å². The maximum absolute atomic E-state index is 13.5. The van der Waals surface area contributed by atoms with E-state index in [9.17, 15) is 19.5 Å². The Bertz CT molecular complexity index is 1090. The number of imidazole rings is 1. The van der Waals surface area contributed by atoms with Crippen LogP contribution in [0.4, 0.5) is 5.82 Å². The van der Waals surface area contributed by atoms with Crippen molar-refractivity contribution >= 4 is 35.2 Å². The molecule has 2 aromatic rings. The zero-order valence-electron chi connectivity index (χ0n) is 20.1. The number of rotatable bonds is 7. The van der Waals surface area contributed by atoms with E-state index in [-0.39, 0.29) is 17.4 Å². The number of aryl methyl sites for hydroxylation is 1. The van der Waals surface area contributed by atoms with Gasteiger partial charge in [0, 0.05) is 30.6 Å². The van der Waals surface area contributed by atoms with Crippen molar-refractivity contribution in [2.24, 2.45) is 0 Å². The van der Waals surface area contributed by atoms with E-state index in [1.807, 2.05) is 20.8 Å². The van der Waals surface area contributed by atoms with E-state index >= 15 is 0 Å². The van der Waals surface area contributed by atoms with Gasteiger partial charge in [0.1, 0.15) is 5.82 Å². The second kappa shape index (κ2) is 10.1. The summed E-state index contributed by atoms with van der Waals surface area (Å²) in [6, 6.07) is 5.22. The molecule has 2 amide bonds. The lowest BCUT2D eigenvalue weighted by Gasteiger charge is -2.29. The quantitative estimate of drug-likeness (QED) is 0.613. The van der Waals surface area contributed by atoms with Crippen LogP contribution in [0, 0.1) is 0 Å². The first-order chi connectivity index (χ1) is 15.9. The summed E-state index contributed by atoms with van der Waals surface area (Å²) in [4.78, 5) is 44.5. The fraction of sp³-hybridized carbons (Fsp3) is 0.500. The van der Waals surface area contributed by atoms with Gasteiger partial charge in [-0.25, -0.2) is 9.78 Å². The highest BCUT2D eigenvalue weighted by atomic mass is 35.5. The molecule has 1 aromatic heterocycles. The van der Waals surface area contributed by atoms with Crippen molar-refractivity contribution in [2.45, 2.75) is 71.2 Å². The monoisotopic (exact) mass is 490 g/mol. The molecular formula is C24H31ClN4O5. The van der Waals surface area contributed by atoms with Crippen molar-refractivity contribution in [1.82, 2.24) is 14.9 Å². The number of hydrogen-bond acceptors (Lipinski definition) is 5. The number of aliphatic carboxylic acids is 1. The van der Waals surface area contributed by atoms with Crippen LogP contribution in [0.3, 0.4) is 0 Å². The van der Waals surface area contributed by atoms with E-state index in [0.717, 1.165) is 12.8 Å². The van der Waals surface area contributed by atoms with Gasteiger partial charge in [0.05, 0.1) is 11.7 Å². The number of anilines is 1. The standard InChI is InChI=1S/C24H31ClN4O5/c1-14(34-24(2,3)4)18(23(32)33)27-21(30)19-20(26-17-11-6-7-12-29(17)19)28(5)22(31)15-9-8-10-16(25)13-15/h8-10,13-14,18H,6-7,11-12H2,1-5H3,(H,27,30)(H,32,33). The second-order valence-electron chi connectivity index (χ2n) is 9.41. The SMILES string of the molecule is CC(OC(C)(C)C)C(NC(=O)c1c(N(C)C(=O)c2cccc(Cl)c2)nc2n1CCCC2)C(=O)O. The Morgan fingerprint density at radius 1 is 1.26 bits per heavy atom. The van der Waals surface area contributed by atoms with Gasteiger partial charge < -0.3 is 19.7 Å². The molecule has 0 spiro atoms. The largest absolute Gasteiger partial charge is 0.480 e. The van der Waals surface area contributed by atoms with Crippen LogP contribution in [0.25, 0.3) is 0 Å². The van der Waals surface area contributed by atoms with E-state index < -0.39 is 29.6 Å². The molecule has 1 aliphatic heterocycles. The molecule has 0 aliphatic carbocycles. The van der Waals surface area contributed by atoms with Gasteiger partial charge >= 0.3 is 5.97 Å². The minimum absolute atomic E-state index is 0.154. The number of aromatic nitrogens is 2. The van der Waals surface area contributed by atoms with Crippen molar-refractivity contribution in [2.75, 3.05) is 11.9 Å². The van der Waals surface area contributed by atoms with Gasteiger partial charge in [0.15, 0.2) is 17.6 Å². The van der Waals surface area contributed by atoms with Gasteiger partial charge in [-0.15, -0.1) is 0 Å². The summed E-state index contributed by atoms with van der Waals surface area (Å²) >= 11 is 6.04. The van der Waals surface area contributed by atoms with Crippen LogP contribution >= 0.6 is 11.6 Å². The number of carbonyl (C=O) groups is 3. The number of carbonyl (C=O) groups excluding carboxylic acids is 2. The van der Waals surface area contributed by atoms with Crippen LogP contribution in [-0.2, 0) is 22.5 Å². The van der Waals surface area contributed by atoms with Gasteiger partial charge in [-0.2, -0.15) is 0 Å². The molecule has 0 radical (unpaired) electrons. The number of benzene rings is 1. The number of nitrogens with zero attached hydrogens (tertiary/aromatic N) is 3. The summed E-state index contributed by atoms with van der Waals surface area (Å²) in [5, 5.41) is 12.8. The number of fused-ring (bicyclic) bond motifs is 1. The third-order valence-electron chi connectivity index (χ3n) is 5.53. The molecule has 0 saturated carbocycles. The first-order valence-corrected chi connectivity index (χ1v) is 11.6. The van der Waals surface area contributed by atoms with E-state index in [4.69, 9.17) is 16.3 Å². The average molecular weight is 491 g/mol. The molecule has 10 heteroatoms. The summed E-state index contributed by atoms with van der Waals surface area (Å²) in [7, 11) is 1.54. The molecule has 34 heavy (non-hydrogen) atoms. The van der Waals surface area contributed by atoms with Crippen LogP contribution in [0.1, 0.15) is 67.2 Å². The fourth-order valence-electron chi connectivity index (χ4n) is 4.05. The number of hydrogen-bond donors (Lipinski definition) is 2. The van der Waals surface area contributed by atoms with E-state index in [2.05, 4.69) is 10.3 Å². The van der Waals surface area contributed by atoms with Crippen molar-refractivity contribution in [1.29, 1.82) is 0 Å². The number of amides is 2. The topological polar surface area (TPSA) is 114 Å². The van der Waals surface area contributed by atoms with Crippen LogP contribution in [0.2, 0.25) is 5.02 Å². The zero-order valence-corrected chi connectivity index (χ0v) is 20.8. The molecule has 0 saturated heterocycles. The molecule has 1 aliphatic rings. The smallest absolute Gasteiger partial charge is 0.328 e. The van der Waals surface area contributed by atoms with Crippen molar-refractivity contribution in [3.63, 3.8) is 0 Å². The Kier molecular flexibility index (Phi) is 7.67. The van der Waals surface area contributed by atoms with Gasteiger partial charge in [-0.3, -0.25) is 14.5 Å². The second-order valence-corrected chi connectivity index (χ2v) is 9.84. The summed E-state index contributed by atoms with van der Waals surface area (Å²) in [5.74, 6) is -1.37. The number of nitrogens with one attached hydrogen (secondary N) is 1. The molecule has 2 N–H and O–H groups in total. The lowest BCUT2D eigenvalue weighted by molar-refractivity contribution is -0.146. The minimum atomic E-state index is -1.29. The van der Waals surface area contributed by atoms with E-state index in [1.54, 1.807) is 35.8 Å². The predicted octanol–water partition coefficient (Wildman–Crippen LogP) is 3.54. The van der Waals surface area contributed by atoms with Gasteiger partial charge in [0.25, 0.3) is 11.8 Å². The summed E-state index contributed by atoms with van der Waals surface area (Å²) in [6.07, 6.45) is 1.63. The Morgan fingerprint density at radius 2 is 1.97 bits per heavy atom. The minimum Gasteiger partial charge on any atom is -0.480 e. The number of halogens is 1. The van der Waals surface area contributed by atoms with Crippen LogP contribution in [-0.4, -0.2) is 57.2 Å². The molecule has 3 rings (SSSR count). The highest BCUT2D eigenvalue weighted by Gasteiger charge is 2.35. The Balaban J connectivity index is 1.96. The molecule has 0 bridgehead atoms. The normalized spacial score (nSPS) is 15.2. The Labute approximate surface area is 204 Å². The highest BCUT2D eigenvalue weighted by Crippen LogP contribution is 2.27. The number of carboxylic acids is 1. The zero-order chi connectivity index (χ0) is 25.2. The van der Waals surface area contributed by atoms with Crippen LogP contribution in [0.15, 0.2) is 24.3 Å². The molecule has 184 valence electrons. The average Bonchev–Trinajstić information content (AvgIpc) is 3.14. The Morgan fingerprint density at radius 3 is 2.59 bits per heavy atom. The first-order valence-electron chi connectivity index (χ1n) is 11.2. The maximum Gasteiger partial charge on any atom is 0.328 e. The molecule has 1 aromatic carbocycles. The van der Waals surface area contributed by atoms with Crippen molar-refractivity contribution in [3.8, 4) is 0 Å². The number of carboxylic acid groups (broad SMARTS) is 1. The lowest BCUT2D eigenvalue weighted by Crippen LogP contribution is -2.51. The molecule has 0 fully saturated rings. The summed E-state index contributed by atoms with van der Waals surface area (Å²) in [6.45, 7) is 7.59. The van der Waals surface area contributed by atoms with Gasteiger partial charge in [-0.05, 0) is 58.7 Å². The van der Waals surface area contributed by atoms with Gasteiger partial charge in [-0.1, -0.05) is 17.7 Å². The lowest BCUT2D eigenvalue weighted by atomic mass is 10.1. The van der Waals surface area contributed by atoms with Crippen molar-refractivity contribution in [3.05, 3.63) is 46.4 Å². The van der Waals surface area contributed by atoms with E-state index in [1.165, 1.54) is 11.9 Å². The fourth-order valence-corrected chi connectivity index (χ4v) is 4.24. The summed E-state index contributed by atoms with van der Waals surface area (Å²) < 4.78 is 7.55. The van der Waals surface area contributed by atoms with E-state index in [0.29, 0.717) is 29.4 Å². The van der Waals surface area contributed by atoms with Crippen LogP contribution < -0.4 is 10.2 Å². The third-order valence-corrected chi connectivity index (χ3v) is 5.77. The van der Waals surface area contributed by atoms with Crippen LogP contribution in [0.5, 0.6) is 0 Å². The predicted molar refractivity (Wildman–Crippen MR) is 129 cm³/mol. The maximum atomic E-state index is 13.5. The molecule has 2 atom stereocenters. The summed E-state index contributed by atoms with van der Waals surface area (Å²) in [5.41, 5.74) is -0.0905.